The summed E-state index contributed by atoms with van der Waals surface area (Å²) in [4.78, 5) is 87.2. The molecule has 0 aliphatic carbocycles. The summed E-state index contributed by atoms with van der Waals surface area (Å²) in [6.45, 7) is 17.3. The number of amides is 5. The van der Waals surface area contributed by atoms with Crippen LogP contribution in [0.3, 0.4) is 0 Å². The zero-order valence-electron chi connectivity index (χ0n) is 38.4. The Morgan fingerprint density at radius 1 is 0.933 bits per heavy atom. The number of benzene rings is 1. The molecule has 2 aliphatic heterocycles. The summed E-state index contributed by atoms with van der Waals surface area (Å²) in [5, 5.41) is 5.85. The lowest BCUT2D eigenvalue weighted by Gasteiger charge is -2.41. The van der Waals surface area contributed by atoms with E-state index in [0.717, 1.165) is 5.56 Å². The van der Waals surface area contributed by atoms with E-state index in [4.69, 9.17) is 18.9 Å². The van der Waals surface area contributed by atoms with Gasteiger partial charge in [0.1, 0.15) is 23.2 Å². The number of nitrogens with one attached hydrogen (secondary N) is 2. The van der Waals surface area contributed by atoms with E-state index in [1.807, 2.05) is 58.0 Å². The van der Waals surface area contributed by atoms with Crippen molar-refractivity contribution in [3.8, 4) is 0 Å². The third-order valence-electron chi connectivity index (χ3n) is 12.3. The highest BCUT2D eigenvalue weighted by molar-refractivity contribution is 5.94. The average Bonchev–Trinajstić information content (AvgIpc) is 3.86. The lowest BCUT2D eigenvalue weighted by atomic mass is 9.89. The fourth-order valence-electron chi connectivity index (χ4n) is 8.63. The molecule has 3 rings (SSSR count). The Balaban J connectivity index is 1.79. The Morgan fingerprint density at radius 3 is 2.13 bits per heavy atom. The van der Waals surface area contributed by atoms with Gasteiger partial charge in [0.05, 0.1) is 43.7 Å². The van der Waals surface area contributed by atoms with Gasteiger partial charge in [-0.25, -0.2) is 9.59 Å². The lowest BCUT2D eigenvalue weighted by molar-refractivity contribution is -0.149. The predicted octanol–water partition coefficient (Wildman–Crippen LogP) is 4.74. The number of methoxy groups -OCH3 is 3. The summed E-state index contributed by atoms with van der Waals surface area (Å²) in [6, 6.07) is 6.54. The maximum atomic E-state index is 14.5. The number of nitrogens with zero attached hydrogens (tertiary/aromatic N) is 3. The molecule has 60 heavy (non-hydrogen) atoms. The Labute approximate surface area is 357 Å². The molecular formula is C45H73N5O10. The molecule has 2 fully saturated rings. The summed E-state index contributed by atoms with van der Waals surface area (Å²) in [7, 11) is 6.00. The molecule has 2 N–H and O–H groups in total. The average molecular weight is 844 g/mol. The van der Waals surface area contributed by atoms with Crippen molar-refractivity contribution in [1.29, 1.82) is 0 Å². The van der Waals surface area contributed by atoms with E-state index >= 15 is 0 Å². The van der Waals surface area contributed by atoms with Crippen molar-refractivity contribution in [3.05, 3.63) is 35.9 Å². The quantitative estimate of drug-likeness (QED) is 0.186. The second-order valence-electron chi connectivity index (χ2n) is 18.1. The molecular weight excluding hydrogens is 771 g/mol. The van der Waals surface area contributed by atoms with Crippen molar-refractivity contribution in [3.63, 3.8) is 0 Å². The van der Waals surface area contributed by atoms with Crippen LogP contribution in [0.25, 0.3) is 0 Å². The fourth-order valence-corrected chi connectivity index (χ4v) is 8.63. The van der Waals surface area contributed by atoms with Crippen LogP contribution in [0, 0.1) is 17.8 Å². The van der Waals surface area contributed by atoms with Crippen LogP contribution >= 0.6 is 0 Å². The topological polar surface area (TPSA) is 173 Å². The smallest absolute Gasteiger partial charge is 0.411 e. The van der Waals surface area contributed by atoms with Crippen LogP contribution in [0.15, 0.2) is 30.3 Å². The zero-order valence-corrected chi connectivity index (χ0v) is 38.4. The van der Waals surface area contributed by atoms with Crippen LogP contribution < -0.4 is 10.6 Å². The summed E-state index contributed by atoms with van der Waals surface area (Å²) >= 11 is 0. The number of ether oxygens (including phenoxy) is 4. The first kappa shape index (κ1) is 50.1. The van der Waals surface area contributed by atoms with Gasteiger partial charge in [-0.3, -0.25) is 24.1 Å². The molecule has 15 nitrogen and oxygen atoms in total. The van der Waals surface area contributed by atoms with Gasteiger partial charge in [-0.2, -0.15) is 0 Å². The molecule has 338 valence electrons. The van der Waals surface area contributed by atoms with Crippen molar-refractivity contribution < 1.29 is 47.7 Å². The molecule has 9 atom stereocenters. The highest BCUT2D eigenvalue weighted by atomic mass is 16.6. The molecule has 0 spiro atoms. The minimum atomic E-state index is -1.21. The standard InChI is InChI=1S/C45H73N5O10/c1-14-29(4)37(48(10)40(53)36(28(2)3)47-42(55)45(9)23-19-25-50(45)43(56)60-44(6,7)8)34(57-11)27-35(51)49-24-18-22-33(49)38(58-12)30(5)39(52)46-32(41(54)59-13)26-31-20-16-15-17-21-31/h15-17,20-21,28-30,32-34,36-38H,14,18-19,22-27H2,1-13H3,(H,46,52)(H,47,55)/t29-,30+,32-,33-,34?,36-,37-,38+,45-/m0/s1. The molecule has 0 bridgehead atoms. The number of carbonyl (C=O) groups excluding carboxylic acids is 6. The number of likely N-dealkylation sites (tertiary alicyclic amines) is 2. The van der Waals surface area contributed by atoms with Gasteiger partial charge < -0.3 is 39.4 Å². The molecule has 2 saturated heterocycles. The van der Waals surface area contributed by atoms with Crippen LogP contribution in [-0.2, 0) is 49.3 Å². The highest BCUT2D eigenvalue weighted by Gasteiger charge is 2.49. The fraction of sp³-hybridized carbons (Fsp3) is 0.733. The van der Waals surface area contributed by atoms with Gasteiger partial charge in [0, 0.05) is 40.8 Å². The first-order valence-electron chi connectivity index (χ1n) is 21.5. The van der Waals surface area contributed by atoms with E-state index in [0.29, 0.717) is 45.2 Å². The van der Waals surface area contributed by atoms with Crippen LogP contribution in [0.4, 0.5) is 4.79 Å². The van der Waals surface area contributed by atoms with E-state index in [-0.39, 0.29) is 36.5 Å². The first-order chi connectivity index (χ1) is 28.1. The summed E-state index contributed by atoms with van der Waals surface area (Å²) in [5.74, 6) is -3.06. The van der Waals surface area contributed by atoms with Crippen LogP contribution in [-0.4, -0.2) is 139 Å². The van der Waals surface area contributed by atoms with E-state index in [2.05, 4.69) is 10.6 Å². The van der Waals surface area contributed by atoms with Gasteiger partial charge in [-0.05, 0) is 70.8 Å². The molecule has 1 unspecified atom stereocenters. The number of rotatable bonds is 19. The third-order valence-corrected chi connectivity index (χ3v) is 12.3. The van der Waals surface area contributed by atoms with E-state index in [9.17, 15) is 28.8 Å². The van der Waals surface area contributed by atoms with Crippen LogP contribution in [0.2, 0.25) is 0 Å². The van der Waals surface area contributed by atoms with Gasteiger partial charge in [0.15, 0.2) is 0 Å². The van der Waals surface area contributed by atoms with Crippen molar-refractivity contribution in [2.24, 2.45) is 17.8 Å². The molecule has 2 heterocycles. The minimum absolute atomic E-state index is 0.0419. The Kier molecular flexibility index (Phi) is 18.4. The number of hydrogen-bond acceptors (Lipinski definition) is 10. The van der Waals surface area contributed by atoms with Gasteiger partial charge >= 0.3 is 12.1 Å². The molecule has 0 aromatic heterocycles. The maximum Gasteiger partial charge on any atom is 0.411 e. The second kappa shape index (κ2) is 22.0. The van der Waals surface area contributed by atoms with Gasteiger partial charge in [0.25, 0.3) is 0 Å². The first-order valence-corrected chi connectivity index (χ1v) is 21.5. The summed E-state index contributed by atoms with van der Waals surface area (Å²) in [5.41, 5.74) is -1.08. The van der Waals surface area contributed by atoms with E-state index in [1.165, 1.54) is 26.2 Å². The Hall–Kier alpha value is -4.24. The SMILES string of the molecule is CC[C@H](C)[C@@H](C(CC(=O)N1CCC[C@H]1[C@H](OC)[C@@H](C)C(=O)N[C@@H](Cc1ccccc1)C(=O)OC)OC)N(C)C(=O)[C@@H](NC(=O)[C@]1(C)CCCN1C(=O)OC(C)(C)C)C(C)C. The molecule has 2 aliphatic rings. The largest absolute Gasteiger partial charge is 0.467 e. The normalized spacial score (nSPS) is 21.6. The van der Waals surface area contributed by atoms with Crippen molar-refractivity contribution in [2.45, 2.75) is 155 Å². The minimum Gasteiger partial charge on any atom is -0.467 e. The molecule has 0 radical (unpaired) electrons. The molecule has 15 heteroatoms. The summed E-state index contributed by atoms with van der Waals surface area (Å²) < 4.78 is 22.6. The molecule has 0 saturated carbocycles. The maximum absolute atomic E-state index is 14.5. The monoisotopic (exact) mass is 844 g/mol. The number of carbonyl (C=O) groups is 6. The van der Waals surface area contributed by atoms with Crippen molar-refractivity contribution in [1.82, 2.24) is 25.3 Å². The number of likely N-dealkylation sites (N-methyl/N-ethyl adjacent to an activating group) is 1. The van der Waals surface area contributed by atoms with Gasteiger partial charge in [-0.15, -0.1) is 0 Å². The van der Waals surface area contributed by atoms with Crippen LogP contribution in [0.1, 0.15) is 106 Å². The van der Waals surface area contributed by atoms with Crippen LogP contribution in [0.5, 0.6) is 0 Å². The Morgan fingerprint density at radius 2 is 1.58 bits per heavy atom. The van der Waals surface area contributed by atoms with E-state index < -0.39 is 77.3 Å². The van der Waals surface area contributed by atoms with E-state index in [1.54, 1.807) is 51.5 Å². The van der Waals surface area contributed by atoms with Crippen molar-refractivity contribution in [2.75, 3.05) is 41.5 Å². The second-order valence-corrected chi connectivity index (χ2v) is 18.1. The number of esters is 1. The molecule has 1 aromatic carbocycles. The summed E-state index contributed by atoms with van der Waals surface area (Å²) in [6.07, 6.45) is 1.28. The van der Waals surface area contributed by atoms with Gasteiger partial charge in [0.2, 0.25) is 23.6 Å². The molecule has 5 amide bonds. The molecule has 1 aromatic rings. The lowest BCUT2D eigenvalue weighted by Crippen LogP contribution is -2.62. The van der Waals surface area contributed by atoms with Crippen molar-refractivity contribution >= 4 is 35.7 Å². The Bertz CT molecular complexity index is 1620. The van der Waals surface area contributed by atoms with Gasteiger partial charge in [-0.1, -0.05) is 71.4 Å². The predicted molar refractivity (Wildman–Crippen MR) is 228 cm³/mol. The third kappa shape index (κ3) is 12.4. The number of hydrogen-bond donors (Lipinski definition) is 2. The zero-order chi connectivity index (χ0) is 45.1. The highest BCUT2D eigenvalue weighted by Crippen LogP contribution is 2.33.